The van der Waals surface area contributed by atoms with Gasteiger partial charge in [-0.1, -0.05) is 23.4 Å². The molecule has 3 nitrogen and oxygen atoms in total. The van der Waals surface area contributed by atoms with Gasteiger partial charge in [0, 0.05) is 14.8 Å². The fraction of sp³-hybridized carbons (Fsp3) is 0.250. The lowest BCUT2D eigenvalue weighted by Crippen LogP contribution is -2.15. The Balaban J connectivity index is 1.86. The zero-order valence-corrected chi connectivity index (χ0v) is 13.0. The molecule has 3 rings (SSSR count). The van der Waals surface area contributed by atoms with Crippen LogP contribution in [0.3, 0.4) is 0 Å². The van der Waals surface area contributed by atoms with Crippen molar-refractivity contribution in [3.05, 3.63) is 47.0 Å². The van der Waals surface area contributed by atoms with E-state index < -0.39 is 0 Å². The molecule has 110 valence electrons. The Morgan fingerprint density at radius 3 is 2.67 bits per heavy atom. The van der Waals surface area contributed by atoms with Crippen molar-refractivity contribution in [3.63, 3.8) is 0 Å². The maximum Gasteiger partial charge on any atom is 0.162 e. The Morgan fingerprint density at radius 2 is 1.86 bits per heavy atom. The van der Waals surface area contributed by atoms with Crippen LogP contribution in [0.25, 0.3) is 0 Å². The molecule has 0 spiro atoms. The van der Waals surface area contributed by atoms with Gasteiger partial charge in [-0.05, 0) is 54.9 Å². The summed E-state index contributed by atoms with van der Waals surface area (Å²) in [6.45, 7) is 1.81. The molecule has 0 bridgehead atoms. The lowest BCUT2D eigenvalue weighted by atomic mass is 10.1. The molecule has 0 atom stereocenters. The highest BCUT2D eigenvalue weighted by molar-refractivity contribution is 7.99. The minimum absolute atomic E-state index is 0.598. The molecule has 2 N–H and O–H groups in total. The summed E-state index contributed by atoms with van der Waals surface area (Å²) in [6.07, 6.45) is 0.813. The number of benzene rings is 2. The van der Waals surface area contributed by atoms with Crippen LogP contribution in [0.2, 0.25) is 5.02 Å². The van der Waals surface area contributed by atoms with Crippen LogP contribution in [0.4, 0.5) is 0 Å². The first-order chi connectivity index (χ1) is 10.3. The SMILES string of the molecule is NCCc1cc(Cl)ccc1Sc1ccc2c(c1)OCCO2. The Kier molecular flexibility index (Phi) is 4.58. The van der Waals surface area contributed by atoms with Crippen molar-refractivity contribution >= 4 is 23.4 Å². The molecule has 2 aromatic carbocycles. The van der Waals surface area contributed by atoms with E-state index >= 15 is 0 Å². The fourth-order valence-electron chi connectivity index (χ4n) is 2.21. The third kappa shape index (κ3) is 3.46. The highest BCUT2D eigenvalue weighted by atomic mass is 35.5. The summed E-state index contributed by atoms with van der Waals surface area (Å²) in [7, 11) is 0. The van der Waals surface area contributed by atoms with Gasteiger partial charge in [0.1, 0.15) is 13.2 Å². The number of rotatable bonds is 4. The predicted molar refractivity (Wildman–Crippen MR) is 85.8 cm³/mol. The van der Waals surface area contributed by atoms with E-state index in [0.717, 1.165) is 27.8 Å². The molecule has 0 amide bonds. The van der Waals surface area contributed by atoms with E-state index in [1.165, 1.54) is 10.5 Å². The number of hydrogen-bond acceptors (Lipinski definition) is 4. The van der Waals surface area contributed by atoms with Crippen molar-refractivity contribution in [2.75, 3.05) is 19.8 Å². The van der Waals surface area contributed by atoms with Crippen LogP contribution in [-0.4, -0.2) is 19.8 Å². The lowest BCUT2D eigenvalue weighted by Gasteiger charge is -2.19. The molecule has 0 radical (unpaired) electrons. The van der Waals surface area contributed by atoms with E-state index in [2.05, 4.69) is 0 Å². The molecule has 0 aliphatic carbocycles. The third-order valence-electron chi connectivity index (χ3n) is 3.18. The highest BCUT2D eigenvalue weighted by Gasteiger charge is 2.13. The van der Waals surface area contributed by atoms with Crippen LogP contribution in [0.15, 0.2) is 46.2 Å². The van der Waals surface area contributed by atoms with Crippen LogP contribution < -0.4 is 15.2 Å². The molecule has 21 heavy (non-hydrogen) atoms. The minimum Gasteiger partial charge on any atom is -0.486 e. The average Bonchev–Trinajstić information content (AvgIpc) is 2.50. The maximum absolute atomic E-state index is 6.06. The minimum atomic E-state index is 0.598. The van der Waals surface area contributed by atoms with E-state index in [9.17, 15) is 0 Å². The second kappa shape index (κ2) is 6.60. The van der Waals surface area contributed by atoms with Gasteiger partial charge in [0.2, 0.25) is 0 Å². The first-order valence-corrected chi connectivity index (χ1v) is 8.02. The van der Waals surface area contributed by atoms with Gasteiger partial charge in [-0.3, -0.25) is 0 Å². The zero-order valence-electron chi connectivity index (χ0n) is 11.5. The second-order valence-electron chi connectivity index (χ2n) is 4.70. The summed E-state index contributed by atoms with van der Waals surface area (Å²) in [6, 6.07) is 11.9. The quantitative estimate of drug-likeness (QED) is 0.931. The molecule has 5 heteroatoms. The van der Waals surface area contributed by atoms with Gasteiger partial charge in [-0.2, -0.15) is 0 Å². The first-order valence-electron chi connectivity index (χ1n) is 6.82. The number of ether oxygens (including phenoxy) is 2. The normalized spacial score (nSPS) is 13.2. The lowest BCUT2D eigenvalue weighted by molar-refractivity contribution is 0.171. The molecular formula is C16H16ClNO2S. The molecule has 1 heterocycles. The van der Waals surface area contributed by atoms with E-state index in [1.807, 2.05) is 36.4 Å². The first kappa shape index (κ1) is 14.6. The van der Waals surface area contributed by atoms with Gasteiger partial charge < -0.3 is 15.2 Å². The maximum atomic E-state index is 6.06. The van der Waals surface area contributed by atoms with Gasteiger partial charge in [-0.15, -0.1) is 0 Å². The van der Waals surface area contributed by atoms with Gasteiger partial charge >= 0.3 is 0 Å². The summed E-state index contributed by atoms with van der Waals surface area (Å²) >= 11 is 7.75. The standard InChI is InChI=1S/C16H16ClNO2S/c17-12-1-4-16(11(9-12)5-6-18)21-13-2-3-14-15(10-13)20-8-7-19-14/h1-4,9-10H,5-8,18H2. The van der Waals surface area contributed by atoms with E-state index in [-0.39, 0.29) is 0 Å². The molecule has 2 aromatic rings. The van der Waals surface area contributed by atoms with Crippen LogP contribution in [0, 0.1) is 0 Å². The van der Waals surface area contributed by atoms with Crippen LogP contribution in [-0.2, 0) is 6.42 Å². The van der Waals surface area contributed by atoms with E-state index in [0.29, 0.717) is 19.8 Å². The molecular weight excluding hydrogens is 306 g/mol. The molecule has 0 unspecified atom stereocenters. The Labute approximate surface area is 133 Å². The summed E-state index contributed by atoms with van der Waals surface area (Å²) in [5.74, 6) is 1.62. The van der Waals surface area contributed by atoms with Crippen molar-refractivity contribution in [2.24, 2.45) is 5.73 Å². The summed E-state index contributed by atoms with van der Waals surface area (Å²) in [4.78, 5) is 2.28. The zero-order chi connectivity index (χ0) is 14.7. The van der Waals surface area contributed by atoms with Gasteiger partial charge in [0.05, 0.1) is 0 Å². The van der Waals surface area contributed by atoms with E-state index in [1.54, 1.807) is 11.8 Å². The Hall–Kier alpha value is -1.36. The van der Waals surface area contributed by atoms with Crippen molar-refractivity contribution in [3.8, 4) is 11.5 Å². The summed E-state index contributed by atoms with van der Waals surface area (Å²) in [5.41, 5.74) is 6.85. The Morgan fingerprint density at radius 1 is 1.05 bits per heavy atom. The van der Waals surface area contributed by atoms with Gasteiger partial charge in [0.25, 0.3) is 0 Å². The largest absolute Gasteiger partial charge is 0.486 e. The monoisotopic (exact) mass is 321 g/mol. The van der Waals surface area contributed by atoms with Gasteiger partial charge in [-0.25, -0.2) is 0 Å². The van der Waals surface area contributed by atoms with Crippen LogP contribution >= 0.6 is 23.4 Å². The number of halogens is 1. The molecule has 1 aliphatic rings. The Bertz CT molecular complexity index is 648. The molecule has 0 saturated heterocycles. The summed E-state index contributed by atoms with van der Waals surface area (Å²) < 4.78 is 11.2. The topological polar surface area (TPSA) is 44.5 Å². The van der Waals surface area contributed by atoms with Crippen molar-refractivity contribution in [1.29, 1.82) is 0 Å². The third-order valence-corrected chi connectivity index (χ3v) is 4.52. The summed E-state index contributed by atoms with van der Waals surface area (Å²) in [5, 5.41) is 0.741. The van der Waals surface area contributed by atoms with Crippen molar-refractivity contribution in [2.45, 2.75) is 16.2 Å². The van der Waals surface area contributed by atoms with Gasteiger partial charge in [0.15, 0.2) is 11.5 Å². The van der Waals surface area contributed by atoms with Crippen molar-refractivity contribution < 1.29 is 9.47 Å². The highest BCUT2D eigenvalue weighted by Crippen LogP contribution is 2.38. The van der Waals surface area contributed by atoms with Crippen LogP contribution in [0.5, 0.6) is 11.5 Å². The molecule has 0 saturated carbocycles. The van der Waals surface area contributed by atoms with Crippen LogP contribution in [0.1, 0.15) is 5.56 Å². The molecule has 1 aliphatic heterocycles. The molecule has 0 fully saturated rings. The smallest absolute Gasteiger partial charge is 0.162 e. The number of fused-ring (bicyclic) bond motifs is 1. The number of nitrogens with two attached hydrogens (primary N) is 1. The van der Waals surface area contributed by atoms with E-state index in [4.69, 9.17) is 26.8 Å². The second-order valence-corrected chi connectivity index (χ2v) is 6.25. The average molecular weight is 322 g/mol. The predicted octanol–water partition coefficient (Wildman–Crippen LogP) is 3.76. The number of hydrogen-bond donors (Lipinski definition) is 1. The fourth-order valence-corrected chi connectivity index (χ4v) is 3.39. The van der Waals surface area contributed by atoms with Crippen molar-refractivity contribution in [1.82, 2.24) is 0 Å². The molecule has 0 aromatic heterocycles.